The molecule has 0 aliphatic heterocycles. The second kappa shape index (κ2) is 14.4. The standard InChI is InChI=1S/C20H39N/c1-6-12-18(8-3)16-17-19(13-7-2)14-10-11-15-20(9-4)21-5/h7,10-11,13,18-21H,6,8-9,12,14-17H2,1-5H3/b11-10-,13-7-. The van der Waals surface area contributed by atoms with Gasteiger partial charge in [0, 0.05) is 6.04 Å². The lowest BCUT2D eigenvalue weighted by Crippen LogP contribution is -2.22. The molecule has 21 heavy (non-hydrogen) atoms. The van der Waals surface area contributed by atoms with E-state index in [0.29, 0.717) is 6.04 Å². The van der Waals surface area contributed by atoms with Crippen LogP contribution in [0.5, 0.6) is 0 Å². The van der Waals surface area contributed by atoms with E-state index in [1.165, 1.54) is 44.9 Å². The molecule has 0 amide bonds. The van der Waals surface area contributed by atoms with Gasteiger partial charge in [-0.1, -0.05) is 64.3 Å². The Morgan fingerprint density at radius 1 is 0.905 bits per heavy atom. The van der Waals surface area contributed by atoms with Crippen molar-refractivity contribution in [1.29, 1.82) is 0 Å². The summed E-state index contributed by atoms with van der Waals surface area (Å²) in [4.78, 5) is 0. The van der Waals surface area contributed by atoms with Gasteiger partial charge in [-0.25, -0.2) is 0 Å². The van der Waals surface area contributed by atoms with Crippen LogP contribution in [0.4, 0.5) is 0 Å². The zero-order valence-corrected chi connectivity index (χ0v) is 15.2. The van der Waals surface area contributed by atoms with Crippen LogP contribution >= 0.6 is 0 Å². The Morgan fingerprint density at radius 2 is 1.62 bits per heavy atom. The van der Waals surface area contributed by atoms with Gasteiger partial charge >= 0.3 is 0 Å². The van der Waals surface area contributed by atoms with Gasteiger partial charge < -0.3 is 5.32 Å². The van der Waals surface area contributed by atoms with Crippen LogP contribution in [-0.4, -0.2) is 13.1 Å². The molecule has 1 heteroatoms. The highest BCUT2D eigenvalue weighted by Crippen LogP contribution is 2.23. The lowest BCUT2D eigenvalue weighted by atomic mass is 9.89. The van der Waals surface area contributed by atoms with Crippen molar-refractivity contribution in [1.82, 2.24) is 5.32 Å². The molecule has 124 valence electrons. The molecule has 0 fully saturated rings. The van der Waals surface area contributed by atoms with E-state index in [1.807, 2.05) is 0 Å². The first-order chi connectivity index (χ1) is 10.2. The highest BCUT2D eigenvalue weighted by atomic mass is 14.9. The molecule has 0 heterocycles. The molecule has 0 aromatic rings. The van der Waals surface area contributed by atoms with E-state index in [-0.39, 0.29) is 0 Å². The van der Waals surface area contributed by atoms with Gasteiger partial charge in [0.2, 0.25) is 0 Å². The largest absolute Gasteiger partial charge is 0.317 e. The molecule has 1 N–H and O–H groups in total. The van der Waals surface area contributed by atoms with Gasteiger partial charge in [-0.3, -0.25) is 0 Å². The first kappa shape index (κ1) is 20.4. The van der Waals surface area contributed by atoms with Crippen molar-refractivity contribution in [3.8, 4) is 0 Å². The number of hydrogen-bond acceptors (Lipinski definition) is 1. The molecule has 3 atom stereocenters. The van der Waals surface area contributed by atoms with E-state index in [9.17, 15) is 0 Å². The summed E-state index contributed by atoms with van der Waals surface area (Å²) < 4.78 is 0. The summed E-state index contributed by atoms with van der Waals surface area (Å²) in [6, 6.07) is 0.635. The van der Waals surface area contributed by atoms with Gasteiger partial charge in [-0.15, -0.1) is 0 Å². The summed E-state index contributed by atoms with van der Waals surface area (Å²) >= 11 is 0. The van der Waals surface area contributed by atoms with E-state index in [2.05, 4.69) is 64.4 Å². The Hall–Kier alpha value is -0.560. The maximum absolute atomic E-state index is 3.36. The molecule has 0 radical (unpaired) electrons. The predicted octanol–water partition coefficient (Wildman–Crippen LogP) is 6.12. The minimum Gasteiger partial charge on any atom is -0.317 e. The van der Waals surface area contributed by atoms with E-state index in [4.69, 9.17) is 0 Å². The smallest absolute Gasteiger partial charge is 0.00959 e. The number of nitrogens with one attached hydrogen (secondary N) is 1. The van der Waals surface area contributed by atoms with Crippen molar-refractivity contribution < 1.29 is 0 Å². The molecular formula is C20H39N. The maximum atomic E-state index is 3.36. The van der Waals surface area contributed by atoms with Gasteiger partial charge in [-0.2, -0.15) is 0 Å². The molecule has 0 aliphatic rings. The SMILES string of the molecule is C/C=C\C(C/C=C\CC(CC)NC)CCC(CC)CCC. The topological polar surface area (TPSA) is 12.0 Å². The maximum Gasteiger partial charge on any atom is 0.00959 e. The third kappa shape index (κ3) is 10.8. The second-order valence-corrected chi connectivity index (χ2v) is 6.26. The van der Waals surface area contributed by atoms with Crippen LogP contribution in [0.15, 0.2) is 24.3 Å². The van der Waals surface area contributed by atoms with Crippen LogP contribution in [0.25, 0.3) is 0 Å². The third-order valence-corrected chi connectivity index (χ3v) is 4.61. The fraction of sp³-hybridized carbons (Fsp3) is 0.800. The Kier molecular flexibility index (Phi) is 14.0. The van der Waals surface area contributed by atoms with Crippen molar-refractivity contribution in [2.24, 2.45) is 11.8 Å². The van der Waals surface area contributed by atoms with Crippen LogP contribution in [0.3, 0.4) is 0 Å². The molecule has 1 nitrogen and oxygen atoms in total. The summed E-state index contributed by atoms with van der Waals surface area (Å²) in [5.74, 6) is 1.66. The first-order valence-corrected chi connectivity index (χ1v) is 9.16. The van der Waals surface area contributed by atoms with Crippen LogP contribution in [0.2, 0.25) is 0 Å². The van der Waals surface area contributed by atoms with E-state index in [0.717, 1.165) is 18.3 Å². The van der Waals surface area contributed by atoms with E-state index in [1.54, 1.807) is 0 Å². The Labute approximate surface area is 134 Å². The predicted molar refractivity (Wildman–Crippen MR) is 97.7 cm³/mol. The lowest BCUT2D eigenvalue weighted by Gasteiger charge is -2.17. The zero-order valence-electron chi connectivity index (χ0n) is 15.2. The molecule has 0 saturated heterocycles. The summed E-state index contributed by atoms with van der Waals surface area (Å²) in [6.07, 6.45) is 19.7. The van der Waals surface area contributed by atoms with Gasteiger partial charge in [0.25, 0.3) is 0 Å². The van der Waals surface area contributed by atoms with Crippen molar-refractivity contribution >= 4 is 0 Å². The third-order valence-electron chi connectivity index (χ3n) is 4.61. The minimum absolute atomic E-state index is 0.635. The van der Waals surface area contributed by atoms with Gasteiger partial charge in [0.15, 0.2) is 0 Å². The molecule has 0 aromatic carbocycles. The average molecular weight is 294 g/mol. The Balaban J connectivity index is 4.14. The van der Waals surface area contributed by atoms with Crippen LogP contribution < -0.4 is 5.32 Å². The summed E-state index contributed by atoms with van der Waals surface area (Å²) in [5, 5.41) is 3.36. The van der Waals surface area contributed by atoms with Crippen LogP contribution in [-0.2, 0) is 0 Å². The van der Waals surface area contributed by atoms with Gasteiger partial charge in [0.1, 0.15) is 0 Å². The monoisotopic (exact) mass is 293 g/mol. The van der Waals surface area contributed by atoms with Crippen molar-refractivity contribution in [2.45, 2.75) is 85.1 Å². The number of rotatable bonds is 13. The molecule has 0 bridgehead atoms. The van der Waals surface area contributed by atoms with E-state index >= 15 is 0 Å². The minimum atomic E-state index is 0.635. The molecule has 0 aromatic heterocycles. The molecule has 0 rings (SSSR count). The zero-order chi connectivity index (χ0) is 15.9. The quantitative estimate of drug-likeness (QED) is 0.403. The Bertz CT molecular complexity index is 263. The van der Waals surface area contributed by atoms with Crippen LogP contribution in [0.1, 0.15) is 79.1 Å². The molecule has 3 unspecified atom stereocenters. The molecule has 0 spiro atoms. The molecule has 0 saturated carbocycles. The fourth-order valence-corrected chi connectivity index (χ4v) is 3.00. The van der Waals surface area contributed by atoms with Crippen molar-refractivity contribution in [3.05, 3.63) is 24.3 Å². The van der Waals surface area contributed by atoms with Gasteiger partial charge in [0.05, 0.1) is 0 Å². The molecule has 0 aliphatic carbocycles. The van der Waals surface area contributed by atoms with Crippen molar-refractivity contribution in [3.63, 3.8) is 0 Å². The summed E-state index contributed by atoms with van der Waals surface area (Å²) in [7, 11) is 2.06. The fourth-order valence-electron chi connectivity index (χ4n) is 3.00. The highest BCUT2D eigenvalue weighted by molar-refractivity contribution is 4.94. The lowest BCUT2D eigenvalue weighted by molar-refractivity contribution is 0.391. The van der Waals surface area contributed by atoms with Crippen LogP contribution in [0, 0.1) is 11.8 Å². The highest BCUT2D eigenvalue weighted by Gasteiger charge is 2.09. The first-order valence-electron chi connectivity index (χ1n) is 9.16. The normalized spacial score (nSPS) is 16.6. The molecular weight excluding hydrogens is 254 g/mol. The van der Waals surface area contributed by atoms with Crippen molar-refractivity contribution in [2.75, 3.05) is 7.05 Å². The average Bonchev–Trinajstić information content (AvgIpc) is 2.51. The Morgan fingerprint density at radius 3 is 2.14 bits per heavy atom. The van der Waals surface area contributed by atoms with E-state index < -0.39 is 0 Å². The summed E-state index contributed by atoms with van der Waals surface area (Å²) in [6.45, 7) is 9.04. The van der Waals surface area contributed by atoms with Gasteiger partial charge in [-0.05, 0) is 57.9 Å². The number of allylic oxidation sites excluding steroid dienone is 3. The summed E-state index contributed by atoms with van der Waals surface area (Å²) in [5.41, 5.74) is 0. The number of hydrogen-bond donors (Lipinski definition) is 1. The second-order valence-electron chi connectivity index (χ2n) is 6.26.